The lowest BCUT2D eigenvalue weighted by Gasteiger charge is -2.28. The number of nitriles is 1. The summed E-state index contributed by atoms with van der Waals surface area (Å²) in [4.78, 5) is 10.5. The smallest absolute Gasteiger partial charge is 0.120 e. The molecule has 0 unspecified atom stereocenters. The van der Waals surface area contributed by atoms with Crippen molar-refractivity contribution in [1.29, 1.82) is 5.26 Å². The average Bonchev–Trinajstić information content (AvgIpc) is 2.67. The molecule has 0 heterocycles. The van der Waals surface area contributed by atoms with Crippen LogP contribution in [0.3, 0.4) is 0 Å². The van der Waals surface area contributed by atoms with Crippen LogP contribution in [0.25, 0.3) is 11.1 Å². The van der Waals surface area contributed by atoms with Crippen LogP contribution in [0.4, 0.5) is 0 Å². The molecule has 0 saturated heterocycles. The maximum absolute atomic E-state index is 10.5. The van der Waals surface area contributed by atoms with E-state index in [4.69, 9.17) is 5.26 Å². The van der Waals surface area contributed by atoms with Crippen molar-refractivity contribution in [2.24, 2.45) is 5.92 Å². The zero-order valence-corrected chi connectivity index (χ0v) is 13.9. The van der Waals surface area contributed by atoms with E-state index in [1.165, 1.54) is 36.8 Å². The highest BCUT2D eigenvalue weighted by Crippen LogP contribution is 2.37. The van der Waals surface area contributed by atoms with Crippen LogP contribution in [0.15, 0.2) is 48.5 Å². The van der Waals surface area contributed by atoms with E-state index in [1.54, 1.807) is 0 Å². The van der Waals surface area contributed by atoms with E-state index in [-0.39, 0.29) is 0 Å². The van der Waals surface area contributed by atoms with Crippen LogP contribution < -0.4 is 0 Å². The number of benzene rings is 2. The van der Waals surface area contributed by atoms with Crippen LogP contribution in [0, 0.1) is 17.2 Å². The Hall–Kier alpha value is -2.40. The molecule has 1 aliphatic carbocycles. The van der Waals surface area contributed by atoms with Gasteiger partial charge in [0, 0.05) is 6.42 Å². The molecule has 0 aromatic heterocycles. The standard InChI is InChI=1S/C22H23NO/c23-16-18-5-9-20(10-6-18)22-13-11-21(12-14-22)19-7-3-17(4-8-19)2-1-15-24/h5-6,9-15,17,19H,1-4,7-8H2. The van der Waals surface area contributed by atoms with Crippen LogP contribution in [0.2, 0.25) is 0 Å². The van der Waals surface area contributed by atoms with Gasteiger partial charge in [-0.25, -0.2) is 0 Å². The first kappa shape index (κ1) is 16.5. The van der Waals surface area contributed by atoms with Crippen molar-refractivity contribution in [3.63, 3.8) is 0 Å². The number of carbonyl (C=O) groups excluding carboxylic acids is 1. The summed E-state index contributed by atoms with van der Waals surface area (Å²) in [6.45, 7) is 0. The van der Waals surface area contributed by atoms with Gasteiger partial charge in [-0.1, -0.05) is 36.4 Å². The Balaban J connectivity index is 1.62. The minimum atomic E-state index is 0.660. The Labute approximate surface area is 144 Å². The first-order valence-electron chi connectivity index (χ1n) is 8.84. The van der Waals surface area contributed by atoms with Gasteiger partial charge in [-0.2, -0.15) is 5.26 Å². The second-order valence-corrected chi connectivity index (χ2v) is 6.77. The normalized spacial score (nSPS) is 20.3. The lowest BCUT2D eigenvalue weighted by molar-refractivity contribution is -0.108. The van der Waals surface area contributed by atoms with E-state index in [9.17, 15) is 4.79 Å². The number of hydrogen-bond donors (Lipinski definition) is 0. The van der Waals surface area contributed by atoms with Crippen molar-refractivity contribution in [3.8, 4) is 17.2 Å². The highest BCUT2D eigenvalue weighted by atomic mass is 16.1. The van der Waals surface area contributed by atoms with E-state index in [0.29, 0.717) is 17.9 Å². The van der Waals surface area contributed by atoms with Gasteiger partial charge in [0.15, 0.2) is 0 Å². The molecular formula is C22H23NO. The predicted octanol–water partition coefficient (Wildman–Crippen LogP) is 5.48. The van der Waals surface area contributed by atoms with Gasteiger partial charge in [0.1, 0.15) is 6.29 Å². The Kier molecular flexibility index (Phi) is 5.43. The highest BCUT2D eigenvalue weighted by molar-refractivity contribution is 5.64. The molecule has 0 radical (unpaired) electrons. The summed E-state index contributed by atoms with van der Waals surface area (Å²) in [7, 11) is 0. The van der Waals surface area contributed by atoms with Gasteiger partial charge in [0.2, 0.25) is 0 Å². The zero-order chi connectivity index (χ0) is 16.8. The monoisotopic (exact) mass is 317 g/mol. The van der Waals surface area contributed by atoms with Crippen molar-refractivity contribution in [2.45, 2.75) is 44.4 Å². The molecule has 0 aliphatic heterocycles. The third-order valence-electron chi connectivity index (χ3n) is 5.27. The SMILES string of the molecule is N#Cc1ccc(-c2ccc(C3CCC(CCC=O)CC3)cc2)cc1. The van der Waals surface area contributed by atoms with E-state index >= 15 is 0 Å². The fourth-order valence-corrected chi connectivity index (χ4v) is 3.77. The van der Waals surface area contributed by atoms with Crippen LogP contribution in [0.5, 0.6) is 0 Å². The van der Waals surface area contributed by atoms with E-state index < -0.39 is 0 Å². The summed E-state index contributed by atoms with van der Waals surface area (Å²) in [5.41, 5.74) is 4.48. The Morgan fingerprint density at radius 3 is 2.04 bits per heavy atom. The molecule has 2 aromatic rings. The first-order chi connectivity index (χ1) is 11.8. The zero-order valence-electron chi connectivity index (χ0n) is 13.9. The highest BCUT2D eigenvalue weighted by Gasteiger charge is 2.21. The predicted molar refractivity (Wildman–Crippen MR) is 96.6 cm³/mol. The number of carbonyl (C=O) groups is 1. The molecule has 1 fully saturated rings. The Bertz CT molecular complexity index is 701. The third kappa shape index (κ3) is 3.92. The summed E-state index contributed by atoms with van der Waals surface area (Å²) in [5, 5.41) is 8.88. The molecule has 1 aliphatic rings. The molecule has 0 N–H and O–H groups in total. The maximum Gasteiger partial charge on any atom is 0.120 e. The average molecular weight is 317 g/mol. The minimum absolute atomic E-state index is 0.660. The molecule has 24 heavy (non-hydrogen) atoms. The molecule has 122 valence electrons. The second-order valence-electron chi connectivity index (χ2n) is 6.77. The van der Waals surface area contributed by atoms with Crippen LogP contribution in [-0.2, 0) is 4.79 Å². The fourth-order valence-electron chi connectivity index (χ4n) is 3.77. The van der Waals surface area contributed by atoms with Gasteiger partial charge < -0.3 is 4.79 Å². The first-order valence-corrected chi connectivity index (χ1v) is 8.84. The molecule has 0 amide bonds. The number of nitrogens with zero attached hydrogens (tertiary/aromatic N) is 1. The lowest BCUT2D eigenvalue weighted by Crippen LogP contribution is -2.13. The van der Waals surface area contributed by atoms with Gasteiger partial charge in [0.25, 0.3) is 0 Å². The van der Waals surface area contributed by atoms with Gasteiger partial charge >= 0.3 is 0 Å². The van der Waals surface area contributed by atoms with E-state index in [0.717, 1.165) is 24.2 Å². The maximum atomic E-state index is 10.5. The summed E-state index contributed by atoms with van der Waals surface area (Å²) in [5.74, 6) is 1.40. The molecule has 2 nitrogen and oxygen atoms in total. The van der Waals surface area contributed by atoms with E-state index in [1.807, 2.05) is 24.3 Å². The molecule has 0 bridgehead atoms. The molecule has 0 atom stereocenters. The number of hydrogen-bond acceptors (Lipinski definition) is 2. The van der Waals surface area contributed by atoms with Crippen LogP contribution in [0.1, 0.15) is 55.6 Å². The molecule has 2 aromatic carbocycles. The third-order valence-corrected chi connectivity index (χ3v) is 5.27. The fraction of sp³-hybridized carbons (Fsp3) is 0.364. The molecule has 3 rings (SSSR count). The van der Waals surface area contributed by atoms with Gasteiger partial charge in [-0.05, 0) is 72.8 Å². The molecule has 1 saturated carbocycles. The summed E-state index contributed by atoms with van der Waals surface area (Å²) in [6.07, 6.45) is 7.79. The van der Waals surface area contributed by atoms with Gasteiger partial charge in [-0.3, -0.25) is 0 Å². The Morgan fingerprint density at radius 2 is 1.50 bits per heavy atom. The van der Waals surface area contributed by atoms with Gasteiger partial charge in [-0.15, -0.1) is 0 Å². The summed E-state index contributed by atoms with van der Waals surface area (Å²) < 4.78 is 0. The number of rotatable bonds is 5. The van der Waals surface area contributed by atoms with Gasteiger partial charge in [0.05, 0.1) is 11.6 Å². The van der Waals surface area contributed by atoms with Crippen LogP contribution in [-0.4, -0.2) is 6.29 Å². The summed E-state index contributed by atoms with van der Waals surface area (Å²) >= 11 is 0. The molecular weight excluding hydrogens is 294 g/mol. The van der Waals surface area contributed by atoms with Crippen molar-refractivity contribution in [1.82, 2.24) is 0 Å². The van der Waals surface area contributed by atoms with Crippen LogP contribution >= 0.6 is 0 Å². The lowest BCUT2D eigenvalue weighted by atomic mass is 9.77. The summed E-state index contributed by atoms with van der Waals surface area (Å²) in [6, 6.07) is 18.8. The van der Waals surface area contributed by atoms with Crippen molar-refractivity contribution < 1.29 is 4.79 Å². The Morgan fingerprint density at radius 1 is 0.917 bits per heavy atom. The number of aldehydes is 1. The molecule has 2 heteroatoms. The molecule has 0 spiro atoms. The van der Waals surface area contributed by atoms with E-state index in [2.05, 4.69) is 30.3 Å². The minimum Gasteiger partial charge on any atom is -0.303 e. The van der Waals surface area contributed by atoms with Crippen molar-refractivity contribution in [2.75, 3.05) is 0 Å². The topological polar surface area (TPSA) is 40.9 Å². The largest absolute Gasteiger partial charge is 0.303 e. The quantitative estimate of drug-likeness (QED) is 0.685. The van der Waals surface area contributed by atoms with Crippen molar-refractivity contribution >= 4 is 6.29 Å². The van der Waals surface area contributed by atoms with Crippen molar-refractivity contribution in [3.05, 3.63) is 59.7 Å². The second kappa shape index (κ2) is 7.93.